The Hall–Kier alpha value is -4.49. The summed E-state index contributed by atoms with van der Waals surface area (Å²) in [5.74, 6) is 1.62. The Labute approximate surface area is 195 Å². The number of imidazole rings is 1. The number of aliphatic hydroxyl groups excluding tert-OH is 1. The summed E-state index contributed by atoms with van der Waals surface area (Å²) in [6, 6.07) is 13.3. The first-order chi connectivity index (χ1) is 16.4. The fraction of sp³-hybridized carbons (Fsp3) is 0.208. The first kappa shape index (κ1) is 21.4. The van der Waals surface area contributed by atoms with Gasteiger partial charge in [0.2, 0.25) is 5.88 Å². The van der Waals surface area contributed by atoms with Crippen molar-refractivity contribution in [1.29, 1.82) is 5.26 Å². The summed E-state index contributed by atoms with van der Waals surface area (Å²) in [5.41, 5.74) is 5.11. The van der Waals surface area contributed by atoms with Crippen LogP contribution in [0.2, 0.25) is 0 Å². The molecule has 0 spiro atoms. The molecule has 10 nitrogen and oxygen atoms in total. The summed E-state index contributed by atoms with van der Waals surface area (Å²) in [4.78, 5) is 9.38. The van der Waals surface area contributed by atoms with E-state index in [0.717, 1.165) is 27.9 Å². The average molecular weight is 454 g/mol. The van der Waals surface area contributed by atoms with Crippen LogP contribution in [0.15, 0.2) is 48.9 Å². The quantitative estimate of drug-likeness (QED) is 0.433. The van der Waals surface area contributed by atoms with E-state index >= 15 is 0 Å². The molecule has 5 rings (SSSR count). The van der Waals surface area contributed by atoms with Gasteiger partial charge in [-0.25, -0.2) is 14.6 Å². The molecule has 170 valence electrons. The predicted molar refractivity (Wildman–Crippen MR) is 125 cm³/mol. The highest BCUT2D eigenvalue weighted by Crippen LogP contribution is 2.31. The van der Waals surface area contributed by atoms with E-state index in [1.807, 2.05) is 61.1 Å². The molecule has 1 N–H and O–H groups in total. The number of ether oxygens (including phenoxy) is 1. The molecule has 0 aliphatic rings. The van der Waals surface area contributed by atoms with Crippen LogP contribution in [-0.2, 0) is 7.05 Å². The van der Waals surface area contributed by atoms with Gasteiger partial charge in [-0.05, 0) is 49.7 Å². The van der Waals surface area contributed by atoms with Gasteiger partial charge in [0.15, 0.2) is 11.5 Å². The summed E-state index contributed by atoms with van der Waals surface area (Å²) in [6.07, 6.45) is 2.85. The molecule has 1 aromatic carbocycles. The summed E-state index contributed by atoms with van der Waals surface area (Å²) in [6.45, 7) is 3.51. The van der Waals surface area contributed by atoms with Gasteiger partial charge in [0.25, 0.3) is 0 Å². The summed E-state index contributed by atoms with van der Waals surface area (Å²) < 4.78 is 10.6. The van der Waals surface area contributed by atoms with Crippen LogP contribution in [0.3, 0.4) is 0 Å². The normalized spacial score (nSPS) is 12.1. The molecule has 0 amide bonds. The topological polar surface area (TPSA) is 120 Å². The maximum atomic E-state index is 10.3. The molecule has 0 fully saturated rings. The highest BCUT2D eigenvalue weighted by Gasteiger charge is 2.18. The number of methoxy groups -OCH3 is 1. The van der Waals surface area contributed by atoms with Gasteiger partial charge in [-0.2, -0.15) is 10.4 Å². The van der Waals surface area contributed by atoms with Gasteiger partial charge < -0.3 is 9.84 Å². The van der Waals surface area contributed by atoms with E-state index in [4.69, 9.17) is 9.72 Å². The fourth-order valence-electron chi connectivity index (χ4n) is 4.00. The Morgan fingerprint density at radius 3 is 2.68 bits per heavy atom. The largest absolute Gasteiger partial charge is 0.479 e. The minimum Gasteiger partial charge on any atom is -0.479 e. The zero-order valence-electron chi connectivity index (χ0n) is 19.1. The molecule has 0 bridgehead atoms. The number of fused-ring (bicyclic) bond motifs is 1. The zero-order chi connectivity index (χ0) is 24.0. The highest BCUT2D eigenvalue weighted by molar-refractivity contribution is 5.84. The minimum absolute atomic E-state index is 0.285. The van der Waals surface area contributed by atoms with Gasteiger partial charge >= 0.3 is 0 Å². The number of pyridine rings is 1. The SMILES string of the molecule is COc1nn(C)cc1-c1ccc2c(c1)ncn2-c1ccc(C(C)O)c(-n2nc(C#N)cc2C)n1. The summed E-state index contributed by atoms with van der Waals surface area (Å²) >= 11 is 0. The zero-order valence-corrected chi connectivity index (χ0v) is 19.1. The van der Waals surface area contributed by atoms with Crippen molar-refractivity contribution < 1.29 is 9.84 Å². The lowest BCUT2D eigenvalue weighted by atomic mass is 10.1. The van der Waals surface area contributed by atoms with Crippen molar-refractivity contribution in [3.63, 3.8) is 0 Å². The number of aryl methyl sites for hydroxylation is 2. The lowest BCUT2D eigenvalue weighted by molar-refractivity contribution is 0.198. The average Bonchev–Trinajstić information content (AvgIpc) is 3.53. The maximum absolute atomic E-state index is 10.3. The number of aliphatic hydroxyl groups is 1. The van der Waals surface area contributed by atoms with Gasteiger partial charge in [0.05, 0.1) is 29.8 Å². The number of nitrogens with zero attached hydrogens (tertiary/aromatic N) is 8. The van der Waals surface area contributed by atoms with Gasteiger partial charge in [0.1, 0.15) is 18.2 Å². The molecule has 0 saturated carbocycles. The maximum Gasteiger partial charge on any atom is 0.240 e. The molecule has 0 saturated heterocycles. The van der Waals surface area contributed by atoms with Crippen LogP contribution in [0.4, 0.5) is 0 Å². The number of benzene rings is 1. The van der Waals surface area contributed by atoms with Crippen LogP contribution in [0.1, 0.15) is 30.0 Å². The second-order valence-corrected chi connectivity index (χ2v) is 8.00. The van der Waals surface area contributed by atoms with Crippen molar-refractivity contribution >= 4 is 11.0 Å². The van der Waals surface area contributed by atoms with Crippen LogP contribution in [0.25, 0.3) is 33.8 Å². The lowest BCUT2D eigenvalue weighted by Gasteiger charge is -2.14. The van der Waals surface area contributed by atoms with Crippen LogP contribution in [-0.4, -0.2) is 46.3 Å². The fourth-order valence-corrected chi connectivity index (χ4v) is 4.00. The Balaban J connectivity index is 1.62. The van der Waals surface area contributed by atoms with Gasteiger partial charge in [0, 0.05) is 24.5 Å². The third kappa shape index (κ3) is 3.48. The molecule has 4 heterocycles. The number of aromatic nitrogens is 7. The van der Waals surface area contributed by atoms with Crippen molar-refractivity contribution in [3.05, 3.63) is 65.9 Å². The number of hydrogen-bond donors (Lipinski definition) is 1. The first-order valence-corrected chi connectivity index (χ1v) is 10.6. The molecule has 1 atom stereocenters. The standard InChI is InChI=1S/C24H22N8O2/c1-14-9-17(11-25)28-32(14)23-18(15(2)33)6-8-22(27-23)31-13-26-20-10-16(5-7-21(20)31)19-12-30(3)29-24(19)34-4/h5-10,12-13,15,33H,1-4H3. The third-order valence-corrected chi connectivity index (χ3v) is 5.64. The molecule has 0 aliphatic carbocycles. The van der Waals surface area contributed by atoms with E-state index in [1.54, 1.807) is 35.8 Å². The molecule has 1 unspecified atom stereocenters. The molecule has 0 aliphatic heterocycles. The summed E-state index contributed by atoms with van der Waals surface area (Å²) in [7, 11) is 3.44. The number of rotatable bonds is 5. The van der Waals surface area contributed by atoms with E-state index in [-0.39, 0.29) is 5.69 Å². The minimum atomic E-state index is -0.762. The molecule has 5 aromatic rings. The van der Waals surface area contributed by atoms with Gasteiger partial charge in [-0.3, -0.25) is 9.25 Å². The van der Waals surface area contributed by atoms with Crippen molar-refractivity contribution in [2.45, 2.75) is 20.0 Å². The van der Waals surface area contributed by atoms with E-state index in [2.05, 4.69) is 15.2 Å². The van der Waals surface area contributed by atoms with Gasteiger partial charge in [-0.1, -0.05) is 6.07 Å². The van der Waals surface area contributed by atoms with E-state index in [1.165, 1.54) is 0 Å². The van der Waals surface area contributed by atoms with Crippen molar-refractivity contribution in [3.8, 4) is 34.7 Å². The van der Waals surface area contributed by atoms with Crippen LogP contribution >= 0.6 is 0 Å². The third-order valence-electron chi connectivity index (χ3n) is 5.64. The Bertz CT molecular complexity index is 1570. The first-order valence-electron chi connectivity index (χ1n) is 10.6. The Morgan fingerprint density at radius 1 is 1.15 bits per heavy atom. The molecule has 0 radical (unpaired) electrons. The molecular weight excluding hydrogens is 432 g/mol. The second-order valence-electron chi connectivity index (χ2n) is 8.00. The molecule has 10 heteroatoms. The van der Waals surface area contributed by atoms with Crippen molar-refractivity contribution in [2.75, 3.05) is 7.11 Å². The van der Waals surface area contributed by atoms with Gasteiger partial charge in [-0.15, -0.1) is 5.10 Å². The van der Waals surface area contributed by atoms with E-state index < -0.39 is 6.10 Å². The highest BCUT2D eigenvalue weighted by atomic mass is 16.5. The van der Waals surface area contributed by atoms with Crippen LogP contribution in [0, 0.1) is 18.3 Å². The number of hydrogen-bond acceptors (Lipinski definition) is 7. The predicted octanol–water partition coefficient (Wildman–Crippen LogP) is 3.25. The van der Waals surface area contributed by atoms with Crippen molar-refractivity contribution in [1.82, 2.24) is 34.1 Å². The summed E-state index contributed by atoms with van der Waals surface area (Å²) in [5, 5.41) is 28.2. The van der Waals surface area contributed by atoms with Crippen LogP contribution in [0.5, 0.6) is 5.88 Å². The molecule has 34 heavy (non-hydrogen) atoms. The van der Waals surface area contributed by atoms with E-state index in [9.17, 15) is 10.4 Å². The van der Waals surface area contributed by atoms with E-state index in [0.29, 0.717) is 23.1 Å². The smallest absolute Gasteiger partial charge is 0.240 e. The monoisotopic (exact) mass is 454 g/mol. The Morgan fingerprint density at radius 2 is 1.97 bits per heavy atom. The second kappa shape index (κ2) is 8.13. The molecular formula is C24H22N8O2. The van der Waals surface area contributed by atoms with Crippen molar-refractivity contribution in [2.24, 2.45) is 7.05 Å². The van der Waals surface area contributed by atoms with Crippen LogP contribution < -0.4 is 4.74 Å². The lowest BCUT2D eigenvalue weighted by Crippen LogP contribution is -2.10. The molecule has 4 aromatic heterocycles. The Kier molecular flexibility index (Phi) is 5.11. The number of nitriles is 1.